The minimum absolute atomic E-state index is 0.000787. The number of hydrogen-bond donors (Lipinski definition) is 2. The van der Waals surface area contributed by atoms with Crippen molar-refractivity contribution in [3.8, 4) is 0 Å². The molecule has 104 valence electrons. The summed E-state index contributed by atoms with van der Waals surface area (Å²) in [7, 11) is 0. The normalized spacial score (nSPS) is 14.2. The van der Waals surface area contributed by atoms with Crippen LogP contribution in [-0.4, -0.2) is 21.8 Å². The van der Waals surface area contributed by atoms with Crippen LogP contribution in [0.5, 0.6) is 0 Å². The SMILES string of the molecule is Nc1c[nH]c(C(=O)N(Cc2ccc(Cl)cc2)C2CC2)c1. The average molecular weight is 290 g/mol. The lowest BCUT2D eigenvalue weighted by Crippen LogP contribution is -2.32. The largest absolute Gasteiger partial charge is 0.397 e. The van der Waals surface area contributed by atoms with E-state index in [-0.39, 0.29) is 5.91 Å². The molecule has 0 unspecified atom stereocenters. The van der Waals surface area contributed by atoms with Gasteiger partial charge in [0.1, 0.15) is 5.69 Å². The van der Waals surface area contributed by atoms with Gasteiger partial charge in [-0.05, 0) is 36.6 Å². The Labute approximate surface area is 122 Å². The zero-order valence-corrected chi connectivity index (χ0v) is 11.7. The molecular weight excluding hydrogens is 274 g/mol. The van der Waals surface area contributed by atoms with E-state index in [9.17, 15) is 4.79 Å². The Kier molecular flexibility index (Phi) is 3.40. The quantitative estimate of drug-likeness (QED) is 0.909. The van der Waals surface area contributed by atoms with Crippen LogP contribution >= 0.6 is 11.6 Å². The number of nitrogens with one attached hydrogen (secondary N) is 1. The highest BCUT2D eigenvalue weighted by Gasteiger charge is 2.33. The minimum Gasteiger partial charge on any atom is -0.397 e. The van der Waals surface area contributed by atoms with Gasteiger partial charge in [-0.2, -0.15) is 0 Å². The fourth-order valence-electron chi connectivity index (χ4n) is 2.23. The second kappa shape index (κ2) is 5.21. The van der Waals surface area contributed by atoms with Gasteiger partial charge in [0, 0.05) is 29.5 Å². The van der Waals surface area contributed by atoms with E-state index in [1.165, 1.54) is 0 Å². The van der Waals surface area contributed by atoms with Crippen LogP contribution in [-0.2, 0) is 6.54 Å². The van der Waals surface area contributed by atoms with Gasteiger partial charge in [-0.15, -0.1) is 0 Å². The van der Waals surface area contributed by atoms with E-state index in [1.54, 1.807) is 12.3 Å². The minimum atomic E-state index is -0.000787. The number of carbonyl (C=O) groups is 1. The number of nitrogen functional groups attached to an aromatic ring is 1. The van der Waals surface area contributed by atoms with Crippen molar-refractivity contribution in [2.75, 3.05) is 5.73 Å². The molecule has 0 radical (unpaired) electrons. The van der Waals surface area contributed by atoms with Crippen LogP contribution in [0.25, 0.3) is 0 Å². The lowest BCUT2D eigenvalue weighted by Gasteiger charge is -2.22. The lowest BCUT2D eigenvalue weighted by molar-refractivity contribution is 0.0724. The molecule has 1 aliphatic rings. The lowest BCUT2D eigenvalue weighted by atomic mass is 10.2. The monoisotopic (exact) mass is 289 g/mol. The fraction of sp³-hybridized carbons (Fsp3) is 0.267. The molecule has 1 aromatic heterocycles. The molecule has 3 N–H and O–H groups in total. The Bertz CT molecular complexity index is 616. The zero-order valence-electron chi connectivity index (χ0n) is 11.0. The number of aromatic nitrogens is 1. The summed E-state index contributed by atoms with van der Waals surface area (Å²) in [6.45, 7) is 0.597. The predicted molar refractivity (Wildman–Crippen MR) is 79.6 cm³/mol. The molecule has 3 rings (SSSR count). The van der Waals surface area contributed by atoms with Gasteiger partial charge in [-0.3, -0.25) is 4.79 Å². The molecule has 1 heterocycles. The molecule has 1 amide bonds. The molecule has 0 spiro atoms. The number of nitrogens with zero attached hydrogens (tertiary/aromatic N) is 1. The number of aromatic amines is 1. The molecule has 1 fully saturated rings. The highest BCUT2D eigenvalue weighted by molar-refractivity contribution is 6.30. The van der Waals surface area contributed by atoms with E-state index in [0.717, 1.165) is 18.4 Å². The van der Waals surface area contributed by atoms with E-state index in [4.69, 9.17) is 17.3 Å². The van der Waals surface area contributed by atoms with Crippen molar-refractivity contribution in [3.63, 3.8) is 0 Å². The van der Waals surface area contributed by atoms with Crippen molar-refractivity contribution in [3.05, 3.63) is 52.8 Å². The maximum atomic E-state index is 12.5. The van der Waals surface area contributed by atoms with Crippen LogP contribution in [0, 0.1) is 0 Å². The average Bonchev–Trinajstić information content (AvgIpc) is 3.19. The molecule has 1 aliphatic carbocycles. The summed E-state index contributed by atoms with van der Waals surface area (Å²) < 4.78 is 0. The van der Waals surface area contributed by atoms with Crippen molar-refractivity contribution in [2.45, 2.75) is 25.4 Å². The van der Waals surface area contributed by atoms with Gasteiger partial charge < -0.3 is 15.6 Å². The van der Waals surface area contributed by atoms with Crippen LogP contribution in [0.1, 0.15) is 28.9 Å². The highest BCUT2D eigenvalue weighted by atomic mass is 35.5. The van der Waals surface area contributed by atoms with E-state index < -0.39 is 0 Å². The van der Waals surface area contributed by atoms with Crippen molar-refractivity contribution in [1.29, 1.82) is 0 Å². The Morgan fingerprint density at radius 2 is 2.05 bits per heavy atom. The number of benzene rings is 1. The predicted octanol–water partition coefficient (Wildman–Crippen LogP) is 3.06. The van der Waals surface area contributed by atoms with Crippen LogP contribution in [0.3, 0.4) is 0 Å². The molecule has 0 atom stereocenters. The van der Waals surface area contributed by atoms with Gasteiger partial charge in [0.25, 0.3) is 5.91 Å². The van der Waals surface area contributed by atoms with Gasteiger partial charge in [0.2, 0.25) is 0 Å². The Balaban J connectivity index is 1.79. The summed E-state index contributed by atoms with van der Waals surface area (Å²) in [6, 6.07) is 9.61. The first-order valence-corrected chi connectivity index (χ1v) is 7.00. The van der Waals surface area contributed by atoms with Gasteiger partial charge >= 0.3 is 0 Å². The zero-order chi connectivity index (χ0) is 14.1. The molecule has 4 nitrogen and oxygen atoms in total. The summed E-state index contributed by atoms with van der Waals surface area (Å²) in [5.41, 5.74) is 7.86. The number of H-pyrrole nitrogens is 1. The second-order valence-electron chi connectivity index (χ2n) is 5.14. The van der Waals surface area contributed by atoms with E-state index in [0.29, 0.717) is 29.0 Å². The molecule has 1 saturated carbocycles. The van der Waals surface area contributed by atoms with Crippen LogP contribution in [0.4, 0.5) is 5.69 Å². The van der Waals surface area contributed by atoms with Crippen molar-refractivity contribution >= 4 is 23.2 Å². The smallest absolute Gasteiger partial charge is 0.270 e. The van der Waals surface area contributed by atoms with Gasteiger partial charge in [0.05, 0.1) is 0 Å². The van der Waals surface area contributed by atoms with E-state index >= 15 is 0 Å². The molecule has 2 aromatic rings. The Hall–Kier alpha value is -1.94. The third-order valence-electron chi connectivity index (χ3n) is 3.45. The second-order valence-corrected chi connectivity index (χ2v) is 5.57. The molecule has 0 bridgehead atoms. The first-order chi connectivity index (χ1) is 9.63. The summed E-state index contributed by atoms with van der Waals surface area (Å²) in [5, 5.41) is 0.704. The highest BCUT2D eigenvalue weighted by Crippen LogP contribution is 2.30. The fourth-order valence-corrected chi connectivity index (χ4v) is 2.35. The number of amides is 1. The number of rotatable bonds is 4. The molecule has 0 saturated heterocycles. The maximum absolute atomic E-state index is 12.5. The maximum Gasteiger partial charge on any atom is 0.270 e. The summed E-state index contributed by atoms with van der Waals surface area (Å²) in [6.07, 6.45) is 3.77. The number of nitrogens with two attached hydrogens (primary N) is 1. The summed E-state index contributed by atoms with van der Waals surface area (Å²) in [4.78, 5) is 17.3. The van der Waals surface area contributed by atoms with Gasteiger partial charge in [0.15, 0.2) is 0 Å². The number of halogens is 1. The standard InChI is InChI=1S/C15H16ClN3O/c16-11-3-1-10(2-4-11)9-19(13-5-6-13)15(20)14-7-12(17)8-18-14/h1-4,7-8,13,18H,5-6,9,17H2. The van der Waals surface area contributed by atoms with Crippen molar-refractivity contribution < 1.29 is 4.79 Å². The Morgan fingerprint density at radius 3 is 2.60 bits per heavy atom. The van der Waals surface area contributed by atoms with Crippen molar-refractivity contribution in [2.24, 2.45) is 0 Å². The molecular formula is C15H16ClN3O. The topological polar surface area (TPSA) is 62.1 Å². The van der Waals surface area contributed by atoms with Gasteiger partial charge in [-0.25, -0.2) is 0 Å². The molecule has 20 heavy (non-hydrogen) atoms. The Morgan fingerprint density at radius 1 is 1.35 bits per heavy atom. The molecule has 0 aliphatic heterocycles. The van der Waals surface area contributed by atoms with Gasteiger partial charge in [-0.1, -0.05) is 23.7 Å². The summed E-state index contributed by atoms with van der Waals surface area (Å²) in [5.74, 6) is -0.000787. The third-order valence-corrected chi connectivity index (χ3v) is 3.70. The number of carbonyl (C=O) groups excluding carboxylic acids is 1. The first kappa shape index (κ1) is 13.1. The van der Waals surface area contributed by atoms with Crippen LogP contribution < -0.4 is 5.73 Å². The van der Waals surface area contributed by atoms with Crippen molar-refractivity contribution in [1.82, 2.24) is 9.88 Å². The van der Waals surface area contributed by atoms with Crippen LogP contribution in [0.15, 0.2) is 36.5 Å². The van der Waals surface area contributed by atoms with Crippen LogP contribution in [0.2, 0.25) is 5.02 Å². The number of hydrogen-bond acceptors (Lipinski definition) is 2. The molecule has 1 aromatic carbocycles. The first-order valence-electron chi connectivity index (χ1n) is 6.63. The molecule has 5 heteroatoms. The van der Waals surface area contributed by atoms with E-state index in [1.807, 2.05) is 29.2 Å². The third kappa shape index (κ3) is 2.80. The van der Waals surface area contributed by atoms with E-state index in [2.05, 4.69) is 4.98 Å². The number of anilines is 1. The summed E-state index contributed by atoms with van der Waals surface area (Å²) >= 11 is 5.88.